The Kier molecular flexibility index (Phi) is 8.64. The number of aromatic nitrogens is 1. The highest BCUT2D eigenvalue weighted by atomic mass is 32.1. The summed E-state index contributed by atoms with van der Waals surface area (Å²) in [7, 11) is 3.16. The molecular weight excluding hydrogens is 432 g/mol. The smallest absolute Gasteiger partial charge is 0.273 e. The monoisotopic (exact) mass is 458 g/mol. The quantitative estimate of drug-likeness (QED) is 0.429. The van der Waals surface area contributed by atoms with E-state index in [4.69, 9.17) is 13.9 Å². The number of carbonyl (C=O) groups is 2. The molecule has 0 aliphatic rings. The molecule has 2 heterocycles. The maximum atomic E-state index is 13.0. The summed E-state index contributed by atoms with van der Waals surface area (Å²) in [6.07, 6.45) is 1.71. The van der Waals surface area contributed by atoms with Gasteiger partial charge in [0, 0.05) is 32.0 Å². The zero-order valence-electron chi connectivity index (χ0n) is 18.0. The van der Waals surface area contributed by atoms with Gasteiger partial charge in [0.15, 0.2) is 5.13 Å². The molecule has 1 aromatic carbocycles. The van der Waals surface area contributed by atoms with Crippen molar-refractivity contribution in [1.29, 1.82) is 0 Å². The number of anilines is 2. The van der Waals surface area contributed by atoms with Crippen molar-refractivity contribution in [3.05, 3.63) is 59.5 Å². The van der Waals surface area contributed by atoms with Gasteiger partial charge in [0.05, 0.1) is 32.2 Å². The van der Waals surface area contributed by atoms with Crippen LogP contribution in [0.4, 0.5) is 10.8 Å². The maximum Gasteiger partial charge on any atom is 0.273 e. The number of thiazole rings is 1. The highest BCUT2D eigenvalue weighted by Crippen LogP contribution is 2.28. The molecule has 0 spiro atoms. The Bertz CT molecular complexity index is 1010. The van der Waals surface area contributed by atoms with Gasteiger partial charge in [0.2, 0.25) is 5.91 Å². The Hall–Kier alpha value is -3.37. The van der Waals surface area contributed by atoms with E-state index in [-0.39, 0.29) is 24.8 Å². The molecule has 0 fully saturated rings. The number of amides is 2. The molecule has 0 bridgehead atoms. The largest absolute Gasteiger partial charge is 0.495 e. The Morgan fingerprint density at radius 3 is 2.75 bits per heavy atom. The van der Waals surface area contributed by atoms with Crippen LogP contribution in [0.25, 0.3) is 0 Å². The van der Waals surface area contributed by atoms with Crippen molar-refractivity contribution in [3.63, 3.8) is 0 Å². The normalized spacial score (nSPS) is 10.6. The Labute approximate surface area is 190 Å². The lowest BCUT2D eigenvalue weighted by Gasteiger charge is -2.21. The molecule has 0 aliphatic heterocycles. The topological polar surface area (TPSA) is 106 Å². The first-order valence-electron chi connectivity index (χ1n) is 10.0. The van der Waals surface area contributed by atoms with Crippen molar-refractivity contribution in [3.8, 4) is 5.75 Å². The summed E-state index contributed by atoms with van der Waals surface area (Å²) in [5, 5.41) is 8.22. The second kappa shape index (κ2) is 11.9. The second-order valence-electron chi connectivity index (χ2n) is 6.75. The molecule has 10 heteroatoms. The van der Waals surface area contributed by atoms with Gasteiger partial charge < -0.3 is 29.4 Å². The minimum absolute atomic E-state index is 0.159. The number of hydrogen-bond donors (Lipinski definition) is 2. The summed E-state index contributed by atoms with van der Waals surface area (Å²) in [6.45, 7) is 1.27. The molecule has 3 aromatic rings. The fraction of sp³-hybridized carbons (Fsp3) is 0.318. The van der Waals surface area contributed by atoms with Crippen LogP contribution in [0.3, 0.4) is 0 Å². The van der Waals surface area contributed by atoms with Crippen molar-refractivity contribution in [2.45, 2.75) is 13.0 Å². The third-order valence-electron chi connectivity index (χ3n) is 4.57. The van der Waals surface area contributed by atoms with Gasteiger partial charge in [-0.2, -0.15) is 0 Å². The Balaban J connectivity index is 1.59. The van der Waals surface area contributed by atoms with E-state index in [9.17, 15) is 9.59 Å². The van der Waals surface area contributed by atoms with Crippen LogP contribution in [-0.2, 0) is 16.1 Å². The van der Waals surface area contributed by atoms with E-state index < -0.39 is 0 Å². The lowest BCUT2D eigenvalue weighted by molar-refractivity contribution is -0.121. The number of carbonyl (C=O) groups excluding carboxylic acids is 2. The van der Waals surface area contributed by atoms with E-state index in [0.717, 1.165) is 5.69 Å². The number of rotatable bonds is 12. The lowest BCUT2D eigenvalue weighted by atomic mass is 10.3. The van der Waals surface area contributed by atoms with Gasteiger partial charge in [-0.15, -0.1) is 11.3 Å². The number of benzene rings is 1. The first-order chi connectivity index (χ1) is 15.6. The zero-order valence-corrected chi connectivity index (χ0v) is 18.8. The fourth-order valence-corrected chi connectivity index (χ4v) is 3.59. The number of nitrogens with zero attached hydrogens (tertiary/aromatic N) is 2. The molecule has 0 radical (unpaired) electrons. The average molecular weight is 459 g/mol. The zero-order chi connectivity index (χ0) is 22.8. The molecule has 2 N–H and O–H groups in total. The van der Waals surface area contributed by atoms with E-state index in [1.54, 1.807) is 42.9 Å². The lowest BCUT2D eigenvalue weighted by Crippen LogP contribution is -2.37. The Morgan fingerprint density at radius 2 is 2.00 bits per heavy atom. The van der Waals surface area contributed by atoms with Crippen LogP contribution in [0, 0.1) is 0 Å². The number of methoxy groups -OCH3 is 2. The van der Waals surface area contributed by atoms with Crippen LogP contribution in [0.2, 0.25) is 0 Å². The minimum Gasteiger partial charge on any atom is -0.495 e. The molecule has 0 aliphatic carbocycles. The van der Waals surface area contributed by atoms with Crippen molar-refractivity contribution < 1.29 is 23.5 Å². The van der Waals surface area contributed by atoms with Gasteiger partial charge in [-0.25, -0.2) is 4.98 Å². The molecule has 0 atom stereocenters. The standard InChI is InChI=1S/C22H26N4O5S/c1-29-13-11-26(10-9-20(27)23-14-16-6-5-12-31-16)21(28)18-15-32-22(25-18)24-17-7-3-4-8-19(17)30-2/h3-8,12,15H,9-11,13-14H2,1-2H3,(H,23,27)(H,24,25). The third-order valence-corrected chi connectivity index (χ3v) is 5.33. The molecule has 0 saturated heterocycles. The number of furan rings is 1. The van der Waals surface area contributed by atoms with E-state index in [0.29, 0.717) is 42.0 Å². The van der Waals surface area contributed by atoms with Crippen LogP contribution in [0.5, 0.6) is 5.75 Å². The third kappa shape index (κ3) is 6.56. The summed E-state index contributed by atoms with van der Waals surface area (Å²) in [5.74, 6) is 0.916. The first kappa shape index (κ1) is 23.3. The summed E-state index contributed by atoms with van der Waals surface area (Å²) in [6, 6.07) is 11.0. The number of ether oxygens (including phenoxy) is 2. The van der Waals surface area contributed by atoms with E-state index in [1.807, 2.05) is 24.3 Å². The van der Waals surface area contributed by atoms with Crippen LogP contribution in [-0.4, -0.2) is 55.6 Å². The van der Waals surface area contributed by atoms with Crippen LogP contribution < -0.4 is 15.4 Å². The SMILES string of the molecule is COCCN(CCC(=O)NCc1ccco1)C(=O)c1csc(Nc2ccccc2OC)n1. The van der Waals surface area contributed by atoms with E-state index >= 15 is 0 Å². The predicted molar refractivity (Wildman–Crippen MR) is 121 cm³/mol. The van der Waals surface area contributed by atoms with Crippen LogP contribution in [0.15, 0.2) is 52.5 Å². The van der Waals surface area contributed by atoms with Gasteiger partial charge in [-0.05, 0) is 24.3 Å². The first-order valence-corrected chi connectivity index (χ1v) is 10.9. The number of nitrogens with one attached hydrogen (secondary N) is 2. The van der Waals surface area contributed by atoms with Gasteiger partial charge in [-0.1, -0.05) is 12.1 Å². The summed E-state index contributed by atoms with van der Waals surface area (Å²) in [5.41, 5.74) is 1.06. The molecule has 32 heavy (non-hydrogen) atoms. The fourth-order valence-electron chi connectivity index (χ4n) is 2.89. The Morgan fingerprint density at radius 1 is 1.16 bits per heavy atom. The van der Waals surface area contributed by atoms with E-state index in [2.05, 4.69) is 15.6 Å². The summed E-state index contributed by atoms with van der Waals surface area (Å²) < 4.78 is 15.7. The van der Waals surface area contributed by atoms with Crippen LogP contribution in [0.1, 0.15) is 22.7 Å². The molecule has 2 aromatic heterocycles. The molecule has 170 valence electrons. The molecule has 9 nitrogen and oxygen atoms in total. The summed E-state index contributed by atoms with van der Waals surface area (Å²) >= 11 is 1.32. The van der Waals surface area contributed by atoms with Crippen LogP contribution >= 0.6 is 11.3 Å². The molecule has 2 amide bonds. The highest BCUT2D eigenvalue weighted by molar-refractivity contribution is 7.14. The predicted octanol–water partition coefficient (Wildman–Crippen LogP) is 3.28. The van der Waals surface area contributed by atoms with Crippen molar-refractivity contribution in [2.75, 3.05) is 39.2 Å². The molecule has 3 rings (SSSR count). The minimum atomic E-state index is -0.259. The summed E-state index contributed by atoms with van der Waals surface area (Å²) in [4.78, 5) is 31.2. The van der Waals surface area contributed by atoms with Crippen molar-refractivity contribution >= 4 is 34.0 Å². The average Bonchev–Trinajstić information content (AvgIpc) is 3.50. The van der Waals surface area contributed by atoms with Crippen molar-refractivity contribution in [1.82, 2.24) is 15.2 Å². The number of para-hydroxylation sites is 2. The highest BCUT2D eigenvalue weighted by Gasteiger charge is 2.20. The van der Waals surface area contributed by atoms with Crippen molar-refractivity contribution in [2.24, 2.45) is 0 Å². The van der Waals surface area contributed by atoms with Gasteiger partial charge in [0.1, 0.15) is 17.2 Å². The van der Waals surface area contributed by atoms with E-state index in [1.165, 1.54) is 11.3 Å². The maximum absolute atomic E-state index is 13.0. The van der Waals surface area contributed by atoms with Gasteiger partial charge in [-0.3, -0.25) is 9.59 Å². The molecular formula is C22H26N4O5S. The number of hydrogen-bond acceptors (Lipinski definition) is 8. The van der Waals surface area contributed by atoms with Gasteiger partial charge in [0.25, 0.3) is 5.91 Å². The van der Waals surface area contributed by atoms with Gasteiger partial charge >= 0.3 is 0 Å². The molecule has 0 saturated carbocycles. The second-order valence-corrected chi connectivity index (χ2v) is 7.61. The molecule has 0 unspecified atom stereocenters.